The number of hydrogen-bond donors (Lipinski definition) is 2. The largest absolute Gasteiger partial charge is 0.507 e. The van der Waals surface area contributed by atoms with Crippen LogP contribution >= 0.6 is 0 Å². The molecule has 0 aliphatic carbocycles. The van der Waals surface area contributed by atoms with Gasteiger partial charge in [0.25, 0.3) is 11.7 Å². The third kappa shape index (κ3) is 5.56. The normalized spacial score (nSPS) is 17.1. The number of carbonyl (C=O) groups excluding carboxylic acids is 3. The fourth-order valence-corrected chi connectivity index (χ4v) is 4.90. The smallest absolute Gasteiger partial charge is 0.355 e. The van der Waals surface area contributed by atoms with Crippen molar-refractivity contribution in [3.8, 4) is 5.75 Å². The van der Waals surface area contributed by atoms with E-state index in [-0.39, 0.29) is 23.6 Å². The van der Waals surface area contributed by atoms with Gasteiger partial charge in [-0.05, 0) is 70.1 Å². The van der Waals surface area contributed by atoms with Crippen molar-refractivity contribution in [1.82, 2.24) is 14.8 Å². The van der Waals surface area contributed by atoms with Gasteiger partial charge < -0.3 is 29.4 Å². The minimum Gasteiger partial charge on any atom is -0.507 e. The van der Waals surface area contributed by atoms with E-state index in [1.165, 1.54) is 4.90 Å². The van der Waals surface area contributed by atoms with Gasteiger partial charge in [-0.2, -0.15) is 0 Å². The molecule has 2 heterocycles. The second kappa shape index (κ2) is 12.1. The molecule has 9 nitrogen and oxygen atoms in total. The van der Waals surface area contributed by atoms with E-state index in [4.69, 9.17) is 9.47 Å². The van der Waals surface area contributed by atoms with Gasteiger partial charge in [-0.1, -0.05) is 26.0 Å². The van der Waals surface area contributed by atoms with Crippen LogP contribution in [0.4, 0.5) is 0 Å². The monoisotopic (exact) mass is 511 g/mol. The first kappa shape index (κ1) is 28.0. The number of rotatable bonds is 11. The molecular formula is C28H37N3O6. The zero-order valence-corrected chi connectivity index (χ0v) is 22.5. The van der Waals surface area contributed by atoms with Crippen LogP contribution in [0.1, 0.15) is 66.1 Å². The average Bonchev–Trinajstić information content (AvgIpc) is 3.33. The Hall–Kier alpha value is -3.59. The van der Waals surface area contributed by atoms with Gasteiger partial charge >= 0.3 is 5.97 Å². The molecule has 0 bridgehead atoms. The van der Waals surface area contributed by atoms with Gasteiger partial charge in [0, 0.05) is 17.8 Å². The highest BCUT2D eigenvalue weighted by molar-refractivity contribution is 6.46. The van der Waals surface area contributed by atoms with E-state index >= 15 is 0 Å². The molecular weight excluding hydrogens is 474 g/mol. The van der Waals surface area contributed by atoms with E-state index in [0.717, 1.165) is 19.6 Å². The summed E-state index contributed by atoms with van der Waals surface area (Å²) in [5, 5.41) is 11.5. The lowest BCUT2D eigenvalue weighted by molar-refractivity contribution is -0.140. The number of benzene rings is 1. The Bertz CT molecular complexity index is 1180. The molecule has 37 heavy (non-hydrogen) atoms. The van der Waals surface area contributed by atoms with Crippen molar-refractivity contribution >= 4 is 23.4 Å². The molecule has 2 N–H and O–H groups in total. The van der Waals surface area contributed by atoms with Crippen molar-refractivity contribution in [2.45, 2.75) is 47.1 Å². The van der Waals surface area contributed by atoms with E-state index < -0.39 is 23.7 Å². The fraction of sp³-hybridized carbons (Fsp3) is 0.464. The number of aliphatic hydroxyl groups is 1. The van der Waals surface area contributed by atoms with Crippen molar-refractivity contribution in [1.29, 1.82) is 0 Å². The lowest BCUT2D eigenvalue weighted by Crippen LogP contribution is -2.33. The summed E-state index contributed by atoms with van der Waals surface area (Å²) in [7, 11) is 1.56. The Labute approximate surface area is 218 Å². The van der Waals surface area contributed by atoms with Crippen LogP contribution < -0.4 is 4.74 Å². The number of amides is 1. The maximum atomic E-state index is 13.4. The SMILES string of the molecule is CCOC(=O)c1[nH]c(C)c(/C(O)=C2\C(=O)C(=O)N(CCCN(CC)CC)C2c2ccc(OC)cc2)c1C. The van der Waals surface area contributed by atoms with E-state index in [9.17, 15) is 19.5 Å². The van der Waals surface area contributed by atoms with Gasteiger partial charge in [0.05, 0.1) is 25.3 Å². The molecule has 0 saturated carbocycles. The van der Waals surface area contributed by atoms with E-state index in [1.54, 1.807) is 52.1 Å². The van der Waals surface area contributed by atoms with Crippen LogP contribution in [0.2, 0.25) is 0 Å². The summed E-state index contributed by atoms with van der Waals surface area (Å²) in [5.41, 5.74) is 2.16. The fourth-order valence-electron chi connectivity index (χ4n) is 4.90. The van der Waals surface area contributed by atoms with E-state index in [1.807, 2.05) is 0 Å². The molecule has 1 amide bonds. The maximum absolute atomic E-state index is 13.4. The average molecular weight is 512 g/mol. The molecule has 1 atom stereocenters. The predicted molar refractivity (Wildman–Crippen MR) is 141 cm³/mol. The van der Waals surface area contributed by atoms with E-state index in [2.05, 4.69) is 23.7 Å². The zero-order chi connectivity index (χ0) is 27.3. The lowest BCUT2D eigenvalue weighted by atomic mass is 9.94. The van der Waals surface area contributed by atoms with E-state index in [0.29, 0.717) is 41.1 Å². The van der Waals surface area contributed by atoms with Crippen LogP contribution in [0.15, 0.2) is 29.8 Å². The first-order chi connectivity index (χ1) is 17.7. The molecule has 1 aromatic heterocycles. The highest BCUT2D eigenvalue weighted by atomic mass is 16.5. The second-order valence-corrected chi connectivity index (χ2v) is 8.99. The van der Waals surface area contributed by atoms with Crippen LogP contribution in [-0.4, -0.2) is 77.4 Å². The summed E-state index contributed by atoms with van der Waals surface area (Å²) < 4.78 is 10.4. The van der Waals surface area contributed by atoms with Crippen molar-refractivity contribution in [3.63, 3.8) is 0 Å². The van der Waals surface area contributed by atoms with Gasteiger partial charge in [-0.15, -0.1) is 0 Å². The third-order valence-corrected chi connectivity index (χ3v) is 6.89. The predicted octanol–water partition coefficient (Wildman–Crippen LogP) is 3.97. The number of aliphatic hydroxyl groups excluding tert-OH is 1. The number of ether oxygens (including phenoxy) is 2. The van der Waals surface area contributed by atoms with Crippen LogP contribution in [-0.2, 0) is 14.3 Å². The number of esters is 1. The number of Topliss-reactive ketones (excluding diaryl/α,β-unsaturated/α-hetero) is 1. The first-order valence-electron chi connectivity index (χ1n) is 12.7. The summed E-state index contributed by atoms with van der Waals surface area (Å²) in [6.07, 6.45) is 0.677. The molecule has 0 spiro atoms. The molecule has 1 aliphatic heterocycles. The maximum Gasteiger partial charge on any atom is 0.355 e. The quantitative estimate of drug-likeness (QED) is 0.203. The molecule has 1 aliphatic rings. The van der Waals surface area contributed by atoms with Gasteiger partial charge in [-0.3, -0.25) is 9.59 Å². The molecule has 1 saturated heterocycles. The number of hydrogen-bond acceptors (Lipinski definition) is 7. The highest BCUT2D eigenvalue weighted by Gasteiger charge is 2.46. The number of H-pyrrole nitrogens is 1. The minimum absolute atomic E-state index is 0.00128. The second-order valence-electron chi connectivity index (χ2n) is 8.99. The van der Waals surface area contributed by atoms with Gasteiger partial charge in [0.15, 0.2) is 0 Å². The number of aromatic amines is 1. The molecule has 1 aromatic carbocycles. The van der Waals surface area contributed by atoms with Crippen molar-refractivity contribution < 1.29 is 29.0 Å². The van der Waals surface area contributed by atoms with Crippen LogP contribution in [0.25, 0.3) is 5.76 Å². The molecule has 3 rings (SSSR count). The van der Waals surface area contributed by atoms with Crippen LogP contribution in [0.3, 0.4) is 0 Å². The summed E-state index contributed by atoms with van der Waals surface area (Å²) in [6, 6.07) is 6.33. The lowest BCUT2D eigenvalue weighted by Gasteiger charge is -2.27. The Morgan fingerprint density at radius 2 is 1.76 bits per heavy atom. The molecule has 200 valence electrons. The van der Waals surface area contributed by atoms with Gasteiger partial charge in [0.2, 0.25) is 0 Å². The topological polar surface area (TPSA) is 112 Å². The number of aromatic nitrogens is 1. The number of carbonyl (C=O) groups is 3. The molecule has 2 aromatic rings. The number of ketones is 1. The minimum atomic E-state index is -0.776. The molecule has 1 unspecified atom stereocenters. The van der Waals surface area contributed by atoms with Crippen LogP contribution in [0.5, 0.6) is 5.75 Å². The standard InChI is InChI=1S/C28H37N3O6/c1-7-30(8-2)15-10-16-31-24(19-11-13-20(36-6)14-12-19)22(26(33)27(31)34)25(32)21-17(4)23(29-18(21)5)28(35)37-9-3/h11-14,24,29,32H,7-10,15-16H2,1-6H3/b25-22+. The Morgan fingerprint density at radius 1 is 1.11 bits per heavy atom. The van der Waals surface area contributed by atoms with Crippen molar-refractivity contribution in [2.24, 2.45) is 0 Å². The van der Waals surface area contributed by atoms with Crippen molar-refractivity contribution in [2.75, 3.05) is 39.9 Å². The summed E-state index contributed by atoms with van der Waals surface area (Å²) in [4.78, 5) is 45.8. The summed E-state index contributed by atoms with van der Waals surface area (Å²) >= 11 is 0. The summed E-state index contributed by atoms with van der Waals surface area (Å²) in [5.74, 6) is -1.63. The Kier molecular flexibility index (Phi) is 9.15. The third-order valence-electron chi connectivity index (χ3n) is 6.89. The zero-order valence-electron chi connectivity index (χ0n) is 22.5. The number of nitrogens with zero attached hydrogens (tertiary/aromatic N) is 2. The summed E-state index contributed by atoms with van der Waals surface area (Å²) in [6.45, 7) is 12.4. The molecule has 1 fully saturated rings. The highest BCUT2D eigenvalue weighted by Crippen LogP contribution is 2.41. The van der Waals surface area contributed by atoms with Crippen LogP contribution in [0, 0.1) is 13.8 Å². The van der Waals surface area contributed by atoms with Gasteiger partial charge in [0.1, 0.15) is 17.2 Å². The Balaban J connectivity index is 2.11. The number of nitrogens with one attached hydrogen (secondary N) is 1. The number of aryl methyl sites for hydroxylation is 1. The first-order valence-corrected chi connectivity index (χ1v) is 12.7. The van der Waals surface area contributed by atoms with Gasteiger partial charge in [-0.25, -0.2) is 4.79 Å². The van der Waals surface area contributed by atoms with Crippen molar-refractivity contribution in [3.05, 3.63) is 57.9 Å². The molecule has 9 heteroatoms. The molecule has 0 radical (unpaired) electrons. The Morgan fingerprint density at radius 3 is 2.32 bits per heavy atom. The number of likely N-dealkylation sites (tertiary alicyclic amines) is 1. The number of methoxy groups -OCH3 is 1.